The van der Waals surface area contributed by atoms with Gasteiger partial charge in [0, 0.05) is 0 Å². The van der Waals surface area contributed by atoms with Crippen molar-refractivity contribution in [1.29, 1.82) is 0 Å². The minimum Gasteiger partial charge on any atom is -0.394 e. The number of hydrogen-bond acceptors (Lipinski definition) is 2. The van der Waals surface area contributed by atoms with Gasteiger partial charge in [0.15, 0.2) is 0 Å². The van der Waals surface area contributed by atoms with E-state index in [-0.39, 0.29) is 6.61 Å². The summed E-state index contributed by atoms with van der Waals surface area (Å²) in [6, 6.07) is 1.14. The lowest BCUT2D eigenvalue weighted by atomic mass is 10.2. The lowest BCUT2D eigenvalue weighted by Crippen LogP contribution is -2.30. The van der Waals surface area contributed by atoms with Crippen molar-refractivity contribution in [2.75, 3.05) is 19.7 Å². The number of rotatable bonds is 5. The van der Waals surface area contributed by atoms with Crippen LogP contribution < -0.4 is 0 Å². The van der Waals surface area contributed by atoms with Crippen molar-refractivity contribution in [2.45, 2.75) is 27.2 Å². The largest absolute Gasteiger partial charge is 0.394 e. The summed E-state index contributed by atoms with van der Waals surface area (Å²) >= 11 is 0. The first-order chi connectivity index (χ1) is 4.79. The van der Waals surface area contributed by atoms with Crippen LogP contribution in [0.2, 0.25) is 0 Å². The molecule has 0 rings (SSSR count). The Bertz CT molecular complexity index is 57.7. The van der Waals surface area contributed by atoms with Gasteiger partial charge in [-0.05, 0) is 19.5 Å². The van der Waals surface area contributed by atoms with Crippen LogP contribution >= 0.6 is 0 Å². The summed E-state index contributed by atoms with van der Waals surface area (Å²) in [4.78, 5) is 2.19. The smallest absolute Gasteiger partial charge is 0.0645 e. The Morgan fingerprint density at radius 1 is 1.20 bits per heavy atom. The van der Waals surface area contributed by atoms with E-state index in [4.69, 9.17) is 5.11 Å². The predicted octanol–water partition coefficient (Wildman–Crippen LogP) is 1.26. The van der Waals surface area contributed by atoms with Gasteiger partial charge in [0.2, 0.25) is 0 Å². The molecule has 0 saturated carbocycles. The molecule has 0 heterocycles. The van der Waals surface area contributed by atoms with Crippen LogP contribution in [-0.2, 0) is 0 Å². The highest BCUT2D eigenvalue weighted by Crippen LogP contribution is 2.10. The molecule has 0 atom stereocenters. The second kappa shape index (κ2) is 5.69. The monoisotopic (exact) mass is 144 g/mol. The van der Waals surface area contributed by atoms with Crippen molar-refractivity contribution < 1.29 is 5.11 Å². The van der Waals surface area contributed by atoms with Crippen LogP contribution in [0.4, 0.5) is 0 Å². The minimum absolute atomic E-state index is 0.207. The summed E-state index contributed by atoms with van der Waals surface area (Å²) in [5, 5.41) is 8.88. The van der Waals surface area contributed by atoms with E-state index in [1.165, 1.54) is 0 Å². The third-order valence-electron chi connectivity index (χ3n) is 1.80. The van der Waals surface area contributed by atoms with Gasteiger partial charge < -0.3 is 5.11 Å². The fourth-order valence-electron chi connectivity index (χ4n) is 1.11. The second-order valence-corrected chi connectivity index (χ2v) is 2.25. The number of hydrogen-bond donors (Lipinski definition) is 1. The Labute approximate surface area is 63.8 Å². The molecule has 0 saturated heterocycles. The molecule has 0 aliphatic rings. The number of aliphatic hydroxyl groups is 1. The first kappa shape index (κ1) is 9.92. The van der Waals surface area contributed by atoms with Gasteiger partial charge in [-0.15, -0.1) is 0 Å². The fourth-order valence-corrected chi connectivity index (χ4v) is 1.11. The Kier molecular flexibility index (Phi) is 5.64. The Morgan fingerprint density at radius 2 is 1.70 bits per heavy atom. The average molecular weight is 144 g/mol. The molecule has 0 amide bonds. The summed E-state index contributed by atoms with van der Waals surface area (Å²) in [7, 11) is 0. The lowest BCUT2D eigenvalue weighted by molar-refractivity contribution is 0.203. The van der Waals surface area contributed by atoms with Crippen molar-refractivity contribution in [1.82, 2.24) is 4.90 Å². The van der Waals surface area contributed by atoms with Crippen molar-refractivity contribution in [3.05, 3.63) is 6.04 Å². The van der Waals surface area contributed by atoms with E-state index in [9.17, 15) is 0 Å². The quantitative estimate of drug-likeness (QED) is 0.628. The zero-order valence-electron chi connectivity index (χ0n) is 7.22. The average Bonchev–Trinajstić information content (AvgIpc) is 2.00. The molecule has 0 unspecified atom stereocenters. The standard InChI is InChI=1S/C8H18NO/c1-4-8(7-10)9(5-2)6-3/h10H,4-7H2,1-3H3. The topological polar surface area (TPSA) is 23.5 Å². The third kappa shape index (κ3) is 2.67. The van der Waals surface area contributed by atoms with E-state index in [1.807, 2.05) is 0 Å². The van der Waals surface area contributed by atoms with E-state index in [1.54, 1.807) is 0 Å². The number of likely N-dealkylation sites (N-methyl/N-ethyl adjacent to an activating group) is 1. The summed E-state index contributed by atoms with van der Waals surface area (Å²) in [6.45, 7) is 8.49. The summed E-state index contributed by atoms with van der Waals surface area (Å²) in [6.07, 6.45) is 0.957. The zero-order chi connectivity index (χ0) is 7.98. The molecule has 0 aromatic heterocycles. The third-order valence-corrected chi connectivity index (χ3v) is 1.80. The highest BCUT2D eigenvalue weighted by molar-refractivity contribution is 4.86. The minimum atomic E-state index is 0.207. The number of nitrogens with zero attached hydrogens (tertiary/aromatic N) is 1. The molecule has 0 fully saturated rings. The van der Waals surface area contributed by atoms with Gasteiger partial charge in [-0.1, -0.05) is 20.8 Å². The number of aliphatic hydroxyl groups excluding tert-OH is 1. The molecule has 0 aliphatic heterocycles. The first-order valence-corrected chi connectivity index (χ1v) is 4.00. The van der Waals surface area contributed by atoms with Gasteiger partial charge in [0.1, 0.15) is 0 Å². The fraction of sp³-hybridized carbons (Fsp3) is 0.875. The van der Waals surface area contributed by atoms with Crippen LogP contribution in [-0.4, -0.2) is 29.7 Å². The van der Waals surface area contributed by atoms with Crippen molar-refractivity contribution in [3.63, 3.8) is 0 Å². The highest BCUT2D eigenvalue weighted by atomic mass is 16.3. The van der Waals surface area contributed by atoms with Gasteiger partial charge >= 0.3 is 0 Å². The van der Waals surface area contributed by atoms with Crippen molar-refractivity contribution >= 4 is 0 Å². The molecule has 0 spiro atoms. The van der Waals surface area contributed by atoms with E-state index >= 15 is 0 Å². The highest BCUT2D eigenvalue weighted by Gasteiger charge is 2.11. The summed E-state index contributed by atoms with van der Waals surface area (Å²) in [5.74, 6) is 0. The predicted molar refractivity (Wildman–Crippen MR) is 43.5 cm³/mol. The maximum atomic E-state index is 8.88. The lowest BCUT2D eigenvalue weighted by Gasteiger charge is -2.25. The molecule has 0 bridgehead atoms. The maximum absolute atomic E-state index is 8.88. The molecule has 2 heteroatoms. The van der Waals surface area contributed by atoms with Gasteiger partial charge in [0.05, 0.1) is 12.6 Å². The maximum Gasteiger partial charge on any atom is 0.0645 e. The molecular formula is C8H18NO. The molecule has 0 aliphatic carbocycles. The zero-order valence-corrected chi connectivity index (χ0v) is 7.22. The van der Waals surface area contributed by atoms with Crippen LogP contribution in [0.5, 0.6) is 0 Å². The van der Waals surface area contributed by atoms with E-state index in [2.05, 4.69) is 25.7 Å². The molecule has 1 N–H and O–H groups in total. The molecule has 10 heavy (non-hydrogen) atoms. The molecule has 0 aromatic carbocycles. The van der Waals surface area contributed by atoms with E-state index in [0.717, 1.165) is 25.6 Å². The Balaban J connectivity index is 3.70. The van der Waals surface area contributed by atoms with Gasteiger partial charge in [-0.2, -0.15) is 0 Å². The molecular weight excluding hydrogens is 126 g/mol. The van der Waals surface area contributed by atoms with Gasteiger partial charge in [0.25, 0.3) is 0 Å². The van der Waals surface area contributed by atoms with Gasteiger partial charge in [-0.3, -0.25) is 4.90 Å². The normalized spacial score (nSPS) is 11.4. The van der Waals surface area contributed by atoms with Crippen LogP contribution in [0.15, 0.2) is 0 Å². The van der Waals surface area contributed by atoms with Crippen molar-refractivity contribution in [3.8, 4) is 0 Å². The summed E-state index contributed by atoms with van der Waals surface area (Å²) < 4.78 is 0. The van der Waals surface area contributed by atoms with E-state index < -0.39 is 0 Å². The van der Waals surface area contributed by atoms with Crippen LogP contribution in [0, 0.1) is 6.04 Å². The first-order valence-electron chi connectivity index (χ1n) is 4.00. The second-order valence-electron chi connectivity index (χ2n) is 2.25. The SMILES string of the molecule is CC[C](CO)N(CC)CC. The molecule has 61 valence electrons. The summed E-state index contributed by atoms with van der Waals surface area (Å²) in [5.41, 5.74) is 0. The van der Waals surface area contributed by atoms with E-state index in [0.29, 0.717) is 0 Å². The molecule has 2 nitrogen and oxygen atoms in total. The molecule has 1 radical (unpaired) electrons. The molecule has 0 aromatic rings. The Morgan fingerprint density at radius 3 is 1.80 bits per heavy atom. The van der Waals surface area contributed by atoms with Crippen LogP contribution in [0.1, 0.15) is 27.2 Å². The van der Waals surface area contributed by atoms with Crippen LogP contribution in [0.25, 0.3) is 0 Å². The van der Waals surface area contributed by atoms with Gasteiger partial charge in [-0.25, -0.2) is 0 Å². The van der Waals surface area contributed by atoms with Crippen LogP contribution in [0.3, 0.4) is 0 Å². The van der Waals surface area contributed by atoms with Crippen molar-refractivity contribution in [2.24, 2.45) is 0 Å². The Hall–Kier alpha value is -0.0800.